The summed E-state index contributed by atoms with van der Waals surface area (Å²) in [5.41, 5.74) is 3.49. The molecule has 0 fully saturated rings. The molecular formula is C13H17NO. The average Bonchev–Trinajstić information content (AvgIpc) is 2.71. The molecular weight excluding hydrogens is 186 g/mol. The zero-order chi connectivity index (χ0) is 10.8. The number of para-hydroxylation sites is 1. The fraction of sp³-hybridized carbons (Fsp3) is 0.385. The van der Waals surface area contributed by atoms with Gasteiger partial charge in [0, 0.05) is 22.7 Å². The molecule has 0 saturated carbocycles. The molecule has 80 valence electrons. The number of benzene rings is 1. The fourth-order valence-corrected chi connectivity index (χ4v) is 2.03. The molecule has 15 heavy (non-hydrogen) atoms. The highest BCUT2D eigenvalue weighted by atomic mass is 16.3. The molecule has 0 unspecified atom stereocenters. The lowest BCUT2D eigenvalue weighted by Crippen LogP contribution is -1.93. The second-order valence-corrected chi connectivity index (χ2v) is 3.86. The minimum absolute atomic E-state index is 0.356. The summed E-state index contributed by atoms with van der Waals surface area (Å²) in [5.74, 6) is 0. The van der Waals surface area contributed by atoms with Crippen molar-refractivity contribution in [3.05, 3.63) is 35.5 Å². The fourth-order valence-electron chi connectivity index (χ4n) is 2.03. The number of nitrogens with one attached hydrogen (secondary N) is 1. The van der Waals surface area contributed by atoms with Crippen LogP contribution in [0.1, 0.15) is 37.5 Å². The average molecular weight is 203 g/mol. The standard InChI is InChI=1S/C13H17NO/c1-3-9-6-5-7-10-11(12(15)4-2)8-14-13(9)10/h5-8,12,14-15H,3-4H2,1-2H3/t12-/m1/s1. The second kappa shape index (κ2) is 4.07. The van der Waals surface area contributed by atoms with E-state index in [1.54, 1.807) is 0 Å². The molecule has 0 spiro atoms. The first-order chi connectivity index (χ1) is 7.27. The van der Waals surface area contributed by atoms with Gasteiger partial charge in [-0.25, -0.2) is 0 Å². The number of fused-ring (bicyclic) bond motifs is 1. The maximum atomic E-state index is 9.86. The van der Waals surface area contributed by atoms with Crippen LogP contribution >= 0.6 is 0 Å². The molecule has 0 aliphatic carbocycles. The summed E-state index contributed by atoms with van der Waals surface area (Å²) in [7, 11) is 0. The van der Waals surface area contributed by atoms with Crippen molar-refractivity contribution < 1.29 is 5.11 Å². The van der Waals surface area contributed by atoms with E-state index in [0.29, 0.717) is 0 Å². The van der Waals surface area contributed by atoms with Gasteiger partial charge in [0.2, 0.25) is 0 Å². The Bertz CT molecular complexity index is 459. The van der Waals surface area contributed by atoms with Crippen molar-refractivity contribution in [1.29, 1.82) is 0 Å². The zero-order valence-electron chi connectivity index (χ0n) is 9.25. The molecule has 1 heterocycles. The third-order valence-corrected chi connectivity index (χ3v) is 2.96. The van der Waals surface area contributed by atoms with Gasteiger partial charge in [0.1, 0.15) is 0 Å². The van der Waals surface area contributed by atoms with E-state index < -0.39 is 0 Å². The first-order valence-electron chi connectivity index (χ1n) is 5.54. The van der Waals surface area contributed by atoms with Crippen molar-refractivity contribution in [3.63, 3.8) is 0 Å². The van der Waals surface area contributed by atoms with Crippen LogP contribution in [0.3, 0.4) is 0 Å². The lowest BCUT2D eigenvalue weighted by atomic mass is 10.0. The van der Waals surface area contributed by atoms with Gasteiger partial charge in [0.05, 0.1) is 6.10 Å². The van der Waals surface area contributed by atoms with E-state index in [1.165, 1.54) is 11.1 Å². The van der Waals surface area contributed by atoms with Crippen LogP contribution < -0.4 is 0 Å². The number of rotatable bonds is 3. The number of hydrogen-bond donors (Lipinski definition) is 2. The monoisotopic (exact) mass is 203 g/mol. The maximum absolute atomic E-state index is 9.86. The molecule has 1 atom stereocenters. The molecule has 0 aliphatic heterocycles. The van der Waals surface area contributed by atoms with E-state index in [0.717, 1.165) is 23.8 Å². The Morgan fingerprint density at radius 2 is 2.13 bits per heavy atom. The van der Waals surface area contributed by atoms with E-state index in [4.69, 9.17) is 0 Å². The van der Waals surface area contributed by atoms with E-state index >= 15 is 0 Å². The van der Waals surface area contributed by atoms with Crippen LogP contribution in [0.25, 0.3) is 10.9 Å². The number of H-pyrrole nitrogens is 1. The maximum Gasteiger partial charge on any atom is 0.0808 e. The van der Waals surface area contributed by atoms with Crippen LogP contribution in [-0.2, 0) is 6.42 Å². The van der Waals surface area contributed by atoms with E-state index in [2.05, 4.69) is 30.1 Å². The molecule has 0 radical (unpaired) electrons. The van der Waals surface area contributed by atoms with Crippen molar-refractivity contribution >= 4 is 10.9 Å². The van der Waals surface area contributed by atoms with Crippen LogP contribution in [0, 0.1) is 0 Å². The molecule has 2 nitrogen and oxygen atoms in total. The minimum Gasteiger partial charge on any atom is -0.388 e. The van der Waals surface area contributed by atoms with Crippen LogP contribution in [0.5, 0.6) is 0 Å². The van der Waals surface area contributed by atoms with Gasteiger partial charge in [-0.2, -0.15) is 0 Å². The molecule has 0 bridgehead atoms. The molecule has 2 aromatic rings. The first kappa shape index (κ1) is 10.2. The zero-order valence-corrected chi connectivity index (χ0v) is 9.25. The van der Waals surface area contributed by atoms with Crippen molar-refractivity contribution in [3.8, 4) is 0 Å². The number of aromatic nitrogens is 1. The van der Waals surface area contributed by atoms with Gasteiger partial charge in [-0.05, 0) is 18.4 Å². The Morgan fingerprint density at radius 3 is 2.80 bits per heavy atom. The molecule has 0 amide bonds. The van der Waals surface area contributed by atoms with Crippen molar-refractivity contribution in [1.82, 2.24) is 4.98 Å². The van der Waals surface area contributed by atoms with Gasteiger partial charge in [-0.3, -0.25) is 0 Å². The van der Waals surface area contributed by atoms with Gasteiger partial charge in [-0.15, -0.1) is 0 Å². The summed E-state index contributed by atoms with van der Waals surface area (Å²) >= 11 is 0. The predicted molar refractivity (Wildman–Crippen MR) is 62.9 cm³/mol. The lowest BCUT2D eigenvalue weighted by molar-refractivity contribution is 0.175. The van der Waals surface area contributed by atoms with Crippen LogP contribution in [-0.4, -0.2) is 10.1 Å². The summed E-state index contributed by atoms with van der Waals surface area (Å²) in [5, 5.41) is 11.0. The molecule has 2 rings (SSSR count). The molecule has 2 N–H and O–H groups in total. The summed E-state index contributed by atoms with van der Waals surface area (Å²) in [6.45, 7) is 4.14. The Balaban J connectivity index is 2.60. The van der Waals surface area contributed by atoms with Crippen molar-refractivity contribution in [2.24, 2.45) is 0 Å². The SMILES string of the molecule is CCc1cccc2c([C@H](O)CC)c[nH]c12. The van der Waals surface area contributed by atoms with Gasteiger partial charge in [0.15, 0.2) is 0 Å². The van der Waals surface area contributed by atoms with Crippen LogP contribution in [0.2, 0.25) is 0 Å². The molecule has 0 aliphatic rings. The topological polar surface area (TPSA) is 36.0 Å². The van der Waals surface area contributed by atoms with Gasteiger partial charge < -0.3 is 10.1 Å². The summed E-state index contributed by atoms with van der Waals surface area (Å²) in [6.07, 6.45) is 3.34. The molecule has 1 aromatic carbocycles. The predicted octanol–water partition coefficient (Wildman–Crippen LogP) is 3.17. The van der Waals surface area contributed by atoms with Crippen LogP contribution in [0.15, 0.2) is 24.4 Å². The number of aryl methyl sites for hydroxylation is 1. The Labute approximate surface area is 89.9 Å². The number of hydrogen-bond acceptors (Lipinski definition) is 1. The van der Waals surface area contributed by atoms with Crippen molar-refractivity contribution in [2.75, 3.05) is 0 Å². The number of aliphatic hydroxyl groups excluding tert-OH is 1. The van der Waals surface area contributed by atoms with Crippen LogP contribution in [0.4, 0.5) is 0 Å². The Hall–Kier alpha value is -1.28. The third-order valence-electron chi connectivity index (χ3n) is 2.96. The first-order valence-corrected chi connectivity index (χ1v) is 5.54. The lowest BCUT2D eigenvalue weighted by Gasteiger charge is -2.06. The Morgan fingerprint density at radius 1 is 1.33 bits per heavy atom. The van der Waals surface area contributed by atoms with Gasteiger partial charge >= 0.3 is 0 Å². The molecule has 1 aromatic heterocycles. The second-order valence-electron chi connectivity index (χ2n) is 3.86. The number of aliphatic hydroxyl groups is 1. The van der Waals surface area contributed by atoms with E-state index in [9.17, 15) is 5.11 Å². The van der Waals surface area contributed by atoms with E-state index in [1.807, 2.05) is 13.1 Å². The quantitative estimate of drug-likeness (QED) is 0.789. The summed E-state index contributed by atoms with van der Waals surface area (Å²) in [4.78, 5) is 3.26. The van der Waals surface area contributed by atoms with Gasteiger partial charge in [0.25, 0.3) is 0 Å². The largest absolute Gasteiger partial charge is 0.388 e. The summed E-state index contributed by atoms with van der Waals surface area (Å²) in [6, 6.07) is 6.25. The molecule has 2 heteroatoms. The summed E-state index contributed by atoms with van der Waals surface area (Å²) < 4.78 is 0. The van der Waals surface area contributed by atoms with E-state index in [-0.39, 0.29) is 6.10 Å². The highest BCUT2D eigenvalue weighted by Gasteiger charge is 2.11. The Kier molecular flexibility index (Phi) is 2.78. The smallest absolute Gasteiger partial charge is 0.0808 e. The highest BCUT2D eigenvalue weighted by molar-refractivity contribution is 5.86. The molecule has 0 saturated heterocycles. The number of aromatic amines is 1. The van der Waals surface area contributed by atoms with Crippen molar-refractivity contribution in [2.45, 2.75) is 32.8 Å². The van der Waals surface area contributed by atoms with Gasteiger partial charge in [-0.1, -0.05) is 32.0 Å². The normalized spacial score (nSPS) is 13.3. The third kappa shape index (κ3) is 1.65. The minimum atomic E-state index is -0.356. The highest BCUT2D eigenvalue weighted by Crippen LogP contribution is 2.27.